The average Bonchev–Trinajstić information content (AvgIpc) is 3.51. The summed E-state index contributed by atoms with van der Waals surface area (Å²) in [4.78, 5) is 24.5. The minimum Gasteiger partial charge on any atom is -0.469 e. The van der Waals surface area contributed by atoms with Crippen LogP contribution in [-0.4, -0.2) is 29.8 Å². The fourth-order valence-corrected chi connectivity index (χ4v) is 6.93. The number of anilines is 1. The Hall–Kier alpha value is -2.87. The molecule has 1 saturated carbocycles. The lowest BCUT2D eigenvalue weighted by atomic mass is 9.80. The Morgan fingerprint density at radius 2 is 1.94 bits per heavy atom. The molecule has 8 heteroatoms. The lowest BCUT2D eigenvalue weighted by Gasteiger charge is -2.27. The minimum atomic E-state index is -0.106. The molecule has 0 saturated heterocycles. The van der Waals surface area contributed by atoms with Crippen LogP contribution >= 0.6 is 11.3 Å². The van der Waals surface area contributed by atoms with Gasteiger partial charge < -0.3 is 19.5 Å². The Bertz CT molecular complexity index is 1250. The Kier molecular flexibility index (Phi) is 6.22. The van der Waals surface area contributed by atoms with E-state index in [1.54, 1.807) is 0 Å². The van der Waals surface area contributed by atoms with Crippen LogP contribution in [-0.2, 0) is 28.9 Å². The lowest BCUT2D eigenvalue weighted by Crippen LogP contribution is -2.19. The van der Waals surface area contributed by atoms with Gasteiger partial charge >= 0.3 is 5.97 Å². The molecule has 0 amide bonds. The van der Waals surface area contributed by atoms with E-state index in [0.717, 1.165) is 72.1 Å². The van der Waals surface area contributed by atoms with Crippen molar-refractivity contribution in [2.24, 2.45) is 5.92 Å². The van der Waals surface area contributed by atoms with Crippen LogP contribution < -0.4 is 14.8 Å². The maximum Gasteiger partial charge on any atom is 0.305 e. The number of ether oxygens (including phenoxy) is 3. The summed E-state index contributed by atoms with van der Waals surface area (Å²) in [5, 5.41) is 4.87. The number of thiophene rings is 1. The van der Waals surface area contributed by atoms with E-state index in [-0.39, 0.29) is 12.8 Å². The van der Waals surface area contributed by atoms with E-state index in [9.17, 15) is 4.79 Å². The average molecular weight is 494 g/mol. The Labute approximate surface area is 209 Å². The van der Waals surface area contributed by atoms with E-state index in [2.05, 4.69) is 11.4 Å². The van der Waals surface area contributed by atoms with Gasteiger partial charge in [-0.15, -0.1) is 11.3 Å². The first kappa shape index (κ1) is 22.6. The van der Waals surface area contributed by atoms with Crippen molar-refractivity contribution in [1.29, 1.82) is 0 Å². The zero-order chi connectivity index (χ0) is 23.8. The van der Waals surface area contributed by atoms with E-state index in [0.29, 0.717) is 24.8 Å². The van der Waals surface area contributed by atoms with Crippen molar-refractivity contribution < 1.29 is 19.0 Å². The van der Waals surface area contributed by atoms with Crippen molar-refractivity contribution in [3.05, 3.63) is 40.0 Å². The zero-order valence-electron chi connectivity index (χ0n) is 20.1. The first-order valence-electron chi connectivity index (χ1n) is 12.7. The summed E-state index contributed by atoms with van der Waals surface area (Å²) >= 11 is 1.85. The highest BCUT2D eigenvalue weighted by Crippen LogP contribution is 2.42. The van der Waals surface area contributed by atoms with Gasteiger partial charge in [-0.25, -0.2) is 9.97 Å². The van der Waals surface area contributed by atoms with Crippen LogP contribution in [0.3, 0.4) is 0 Å². The molecule has 0 spiro atoms. The summed E-state index contributed by atoms with van der Waals surface area (Å²) in [7, 11) is 1.47. The maximum absolute atomic E-state index is 11.7. The molecule has 6 rings (SSSR count). The number of fused-ring (bicyclic) bond motifs is 4. The predicted octanol–water partition coefficient (Wildman–Crippen LogP) is 5.75. The molecule has 1 aliphatic heterocycles. The molecule has 184 valence electrons. The summed E-state index contributed by atoms with van der Waals surface area (Å²) < 4.78 is 15.9. The minimum absolute atomic E-state index is 0.106. The normalized spacial score (nSPS) is 21.1. The molecule has 0 radical (unpaired) electrons. The van der Waals surface area contributed by atoms with Gasteiger partial charge in [0, 0.05) is 23.8 Å². The Balaban J connectivity index is 1.27. The quantitative estimate of drug-likeness (QED) is 0.438. The van der Waals surface area contributed by atoms with Crippen molar-refractivity contribution in [2.75, 3.05) is 19.2 Å². The second kappa shape index (κ2) is 9.64. The van der Waals surface area contributed by atoms with Crippen molar-refractivity contribution in [1.82, 2.24) is 9.97 Å². The van der Waals surface area contributed by atoms with Gasteiger partial charge in [0.25, 0.3) is 0 Å². The number of hydrogen-bond donors (Lipinski definition) is 1. The maximum atomic E-state index is 11.7. The highest BCUT2D eigenvalue weighted by molar-refractivity contribution is 7.19. The number of benzene rings is 1. The van der Waals surface area contributed by atoms with Gasteiger partial charge in [0.05, 0.1) is 12.5 Å². The number of methoxy groups -OCH3 is 1. The summed E-state index contributed by atoms with van der Waals surface area (Å²) in [6, 6.07) is 6.09. The second-order valence-electron chi connectivity index (χ2n) is 9.86. The van der Waals surface area contributed by atoms with Crippen molar-refractivity contribution in [3.8, 4) is 11.5 Å². The van der Waals surface area contributed by atoms with E-state index in [1.807, 2.05) is 23.5 Å². The molecule has 1 aromatic carbocycles. The molecule has 3 aromatic rings. The third kappa shape index (κ3) is 4.56. The molecule has 1 N–H and O–H groups in total. The van der Waals surface area contributed by atoms with Crippen LogP contribution in [0.5, 0.6) is 11.5 Å². The number of aryl methyl sites for hydroxylation is 2. The molecule has 2 aromatic heterocycles. The standard InChI is InChI=1S/C27H31N3O4S/c1-32-23(31)13-16-6-9-18(10-7-16)25-29-26(24-19-4-2-3-5-22(19)35-27(24)30-25)28-14-17-8-11-20-21(12-17)34-15-33-20/h8,11-12,16,18H,2-7,9-10,13-15H2,1H3,(H,28,29,30). The summed E-state index contributed by atoms with van der Waals surface area (Å²) in [5.74, 6) is 4.13. The van der Waals surface area contributed by atoms with Crippen LogP contribution in [0.2, 0.25) is 0 Å². The monoisotopic (exact) mass is 493 g/mol. The van der Waals surface area contributed by atoms with Gasteiger partial charge in [-0.2, -0.15) is 0 Å². The van der Waals surface area contributed by atoms with Crippen molar-refractivity contribution in [3.63, 3.8) is 0 Å². The molecule has 0 bridgehead atoms. The van der Waals surface area contributed by atoms with Crippen LogP contribution in [0, 0.1) is 5.92 Å². The molecule has 1 fully saturated rings. The topological polar surface area (TPSA) is 82.6 Å². The lowest BCUT2D eigenvalue weighted by molar-refractivity contribution is -0.142. The van der Waals surface area contributed by atoms with Gasteiger partial charge in [0.2, 0.25) is 6.79 Å². The molecular formula is C27H31N3O4S. The van der Waals surface area contributed by atoms with Gasteiger partial charge in [0.1, 0.15) is 16.5 Å². The van der Waals surface area contributed by atoms with Crippen LogP contribution in [0.4, 0.5) is 5.82 Å². The molecule has 0 unspecified atom stereocenters. The van der Waals surface area contributed by atoms with Crippen molar-refractivity contribution >= 4 is 33.3 Å². The highest BCUT2D eigenvalue weighted by Gasteiger charge is 2.28. The fraction of sp³-hybridized carbons (Fsp3) is 0.519. The summed E-state index contributed by atoms with van der Waals surface area (Å²) in [6.07, 6.45) is 9.31. The first-order chi connectivity index (χ1) is 17.2. The molecular weight excluding hydrogens is 462 g/mol. The molecule has 3 aliphatic rings. The van der Waals surface area contributed by atoms with Crippen LogP contribution in [0.25, 0.3) is 10.2 Å². The number of esters is 1. The molecule has 35 heavy (non-hydrogen) atoms. The SMILES string of the molecule is COC(=O)CC1CCC(c2nc(NCc3ccc4c(c3)OCO4)c3c4c(sc3n2)CCCC4)CC1. The number of carbonyl (C=O) groups is 1. The van der Waals surface area contributed by atoms with Crippen LogP contribution in [0.1, 0.15) is 72.7 Å². The van der Waals surface area contributed by atoms with Crippen LogP contribution in [0.15, 0.2) is 18.2 Å². The van der Waals surface area contributed by atoms with Gasteiger partial charge in [0.15, 0.2) is 11.5 Å². The molecule has 0 atom stereocenters. The first-order valence-corrected chi connectivity index (χ1v) is 13.5. The van der Waals surface area contributed by atoms with E-state index >= 15 is 0 Å². The fourth-order valence-electron chi connectivity index (χ4n) is 5.66. The Morgan fingerprint density at radius 1 is 1.11 bits per heavy atom. The third-order valence-electron chi connectivity index (χ3n) is 7.62. The highest BCUT2D eigenvalue weighted by atomic mass is 32.1. The van der Waals surface area contributed by atoms with Gasteiger partial charge in [-0.1, -0.05) is 6.07 Å². The predicted molar refractivity (Wildman–Crippen MR) is 135 cm³/mol. The Morgan fingerprint density at radius 3 is 2.80 bits per heavy atom. The van der Waals surface area contributed by atoms with Gasteiger partial charge in [-0.3, -0.25) is 4.79 Å². The van der Waals surface area contributed by atoms with Crippen molar-refractivity contribution in [2.45, 2.75) is 70.3 Å². The number of aromatic nitrogens is 2. The molecule has 3 heterocycles. The van der Waals surface area contributed by atoms with E-state index in [4.69, 9.17) is 24.2 Å². The molecule has 2 aliphatic carbocycles. The number of rotatable bonds is 6. The second-order valence-corrected chi connectivity index (χ2v) is 10.9. The third-order valence-corrected chi connectivity index (χ3v) is 8.81. The van der Waals surface area contributed by atoms with E-state index < -0.39 is 0 Å². The summed E-state index contributed by atoms with van der Waals surface area (Å²) in [5.41, 5.74) is 2.58. The zero-order valence-corrected chi connectivity index (χ0v) is 20.9. The number of nitrogens with zero attached hydrogens (tertiary/aromatic N) is 2. The number of nitrogens with one attached hydrogen (secondary N) is 1. The van der Waals surface area contributed by atoms with Gasteiger partial charge in [-0.05, 0) is 80.5 Å². The largest absolute Gasteiger partial charge is 0.469 e. The smallest absolute Gasteiger partial charge is 0.305 e. The number of hydrogen-bond acceptors (Lipinski definition) is 8. The summed E-state index contributed by atoms with van der Waals surface area (Å²) in [6.45, 7) is 0.948. The van der Waals surface area contributed by atoms with E-state index in [1.165, 1.54) is 35.8 Å². The number of carbonyl (C=O) groups excluding carboxylic acids is 1. The molecule has 7 nitrogen and oxygen atoms in total.